The summed E-state index contributed by atoms with van der Waals surface area (Å²) < 4.78 is 12.1. The molecule has 7 heteroatoms. The van der Waals surface area contributed by atoms with Gasteiger partial charge in [-0.3, -0.25) is 4.79 Å². The second kappa shape index (κ2) is 9.58. The number of nitrogens with one attached hydrogen (secondary N) is 1. The molecule has 4 aromatic rings. The van der Waals surface area contributed by atoms with E-state index < -0.39 is 0 Å². The zero-order valence-electron chi connectivity index (χ0n) is 17.1. The number of para-hydroxylation sites is 1. The predicted molar refractivity (Wildman–Crippen MR) is 118 cm³/mol. The fraction of sp³-hybridized carbons (Fsp3) is 0.125. The molecule has 1 heterocycles. The van der Waals surface area contributed by atoms with E-state index in [2.05, 4.69) is 15.4 Å². The molecule has 1 aromatic heterocycles. The number of ether oxygens (including phenoxy) is 2. The molecule has 0 atom stereocenters. The van der Waals surface area contributed by atoms with Gasteiger partial charge < -0.3 is 14.8 Å². The molecule has 0 aliphatic heterocycles. The summed E-state index contributed by atoms with van der Waals surface area (Å²) in [6.45, 7) is 0.322. The van der Waals surface area contributed by atoms with Gasteiger partial charge in [0, 0.05) is 12.1 Å². The maximum Gasteiger partial charge on any atom is 0.287 e. The maximum atomic E-state index is 12.9. The Morgan fingerprint density at radius 1 is 0.903 bits per heavy atom. The fourth-order valence-electron chi connectivity index (χ4n) is 2.96. The van der Waals surface area contributed by atoms with Crippen molar-refractivity contribution in [3.63, 3.8) is 0 Å². The van der Waals surface area contributed by atoms with E-state index in [-0.39, 0.29) is 12.5 Å². The van der Waals surface area contributed by atoms with E-state index in [1.807, 2.05) is 72.8 Å². The predicted octanol–water partition coefficient (Wildman–Crippen LogP) is 4.29. The number of rotatable bonds is 8. The SMILES string of the molecule is COc1ccc(CNc2nc(-c3ccccc3)nn2C(=O)COc2ccccc2)cc1. The molecule has 0 saturated heterocycles. The van der Waals surface area contributed by atoms with Gasteiger partial charge in [-0.15, -0.1) is 5.10 Å². The van der Waals surface area contributed by atoms with Crippen LogP contribution in [0.25, 0.3) is 11.4 Å². The molecule has 0 aliphatic rings. The lowest BCUT2D eigenvalue weighted by Gasteiger charge is -2.09. The van der Waals surface area contributed by atoms with Crippen molar-refractivity contribution in [1.29, 1.82) is 0 Å². The standard InChI is InChI=1S/C24H22N4O3/c1-30-20-14-12-18(13-15-20)16-25-24-26-23(19-8-4-2-5-9-19)27-28(24)22(29)17-31-21-10-6-3-7-11-21/h2-15H,16-17H2,1H3,(H,25,26,27). The lowest BCUT2D eigenvalue weighted by Crippen LogP contribution is -2.22. The van der Waals surface area contributed by atoms with E-state index in [0.717, 1.165) is 16.9 Å². The third-order valence-corrected chi connectivity index (χ3v) is 4.59. The van der Waals surface area contributed by atoms with Crippen LogP contribution in [0.2, 0.25) is 0 Å². The Hall–Kier alpha value is -4.13. The first-order valence-corrected chi connectivity index (χ1v) is 9.83. The summed E-state index contributed by atoms with van der Waals surface area (Å²) in [4.78, 5) is 17.4. The van der Waals surface area contributed by atoms with Gasteiger partial charge in [0.1, 0.15) is 11.5 Å². The first-order valence-electron chi connectivity index (χ1n) is 9.83. The summed E-state index contributed by atoms with van der Waals surface area (Å²) in [6.07, 6.45) is 0. The zero-order chi connectivity index (χ0) is 21.5. The molecule has 0 saturated carbocycles. The van der Waals surface area contributed by atoms with Crippen molar-refractivity contribution in [3.8, 4) is 22.9 Å². The summed E-state index contributed by atoms with van der Waals surface area (Å²) >= 11 is 0. The molecule has 3 aromatic carbocycles. The number of hydrogen-bond donors (Lipinski definition) is 1. The van der Waals surface area contributed by atoms with Crippen LogP contribution in [-0.4, -0.2) is 34.4 Å². The van der Waals surface area contributed by atoms with Gasteiger partial charge in [-0.05, 0) is 29.8 Å². The van der Waals surface area contributed by atoms with Crippen LogP contribution >= 0.6 is 0 Å². The number of carbonyl (C=O) groups is 1. The Balaban J connectivity index is 1.54. The molecule has 0 unspecified atom stereocenters. The Morgan fingerprint density at radius 2 is 1.58 bits per heavy atom. The Bertz CT molecular complexity index is 1130. The van der Waals surface area contributed by atoms with Gasteiger partial charge in [0.15, 0.2) is 12.4 Å². The summed E-state index contributed by atoms with van der Waals surface area (Å²) in [5.41, 5.74) is 1.84. The topological polar surface area (TPSA) is 78.3 Å². The van der Waals surface area contributed by atoms with Crippen molar-refractivity contribution in [2.75, 3.05) is 19.0 Å². The van der Waals surface area contributed by atoms with E-state index in [1.165, 1.54) is 4.68 Å². The normalized spacial score (nSPS) is 10.5. The lowest BCUT2D eigenvalue weighted by atomic mass is 10.2. The molecular formula is C24H22N4O3. The molecule has 0 amide bonds. The van der Waals surface area contributed by atoms with Crippen LogP contribution in [0.4, 0.5) is 5.95 Å². The number of methoxy groups -OCH3 is 1. The quantitative estimate of drug-likeness (QED) is 0.464. The van der Waals surface area contributed by atoms with Crippen molar-refractivity contribution in [1.82, 2.24) is 14.8 Å². The Labute approximate surface area is 180 Å². The highest BCUT2D eigenvalue weighted by molar-refractivity contribution is 5.82. The maximum absolute atomic E-state index is 12.9. The summed E-state index contributed by atoms with van der Waals surface area (Å²) in [6, 6.07) is 26.4. The van der Waals surface area contributed by atoms with Crippen molar-refractivity contribution in [3.05, 3.63) is 90.5 Å². The number of hydrogen-bond acceptors (Lipinski definition) is 6. The van der Waals surface area contributed by atoms with Crippen molar-refractivity contribution >= 4 is 11.9 Å². The average molecular weight is 414 g/mol. The first kappa shape index (κ1) is 20.2. The molecule has 0 radical (unpaired) electrons. The smallest absolute Gasteiger partial charge is 0.287 e. The van der Waals surface area contributed by atoms with Crippen LogP contribution in [-0.2, 0) is 6.54 Å². The van der Waals surface area contributed by atoms with Gasteiger partial charge in [-0.1, -0.05) is 60.7 Å². The second-order valence-electron chi connectivity index (χ2n) is 6.73. The minimum atomic E-state index is -0.323. The molecule has 0 bridgehead atoms. The fourth-order valence-corrected chi connectivity index (χ4v) is 2.96. The van der Waals surface area contributed by atoms with Gasteiger partial charge in [0.2, 0.25) is 5.95 Å². The van der Waals surface area contributed by atoms with Crippen LogP contribution in [0.5, 0.6) is 11.5 Å². The van der Waals surface area contributed by atoms with Gasteiger partial charge in [-0.25, -0.2) is 0 Å². The number of anilines is 1. The van der Waals surface area contributed by atoms with Gasteiger partial charge in [0.05, 0.1) is 7.11 Å². The van der Waals surface area contributed by atoms with E-state index >= 15 is 0 Å². The van der Waals surface area contributed by atoms with Gasteiger partial charge in [0.25, 0.3) is 5.91 Å². The summed E-state index contributed by atoms with van der Waals surface area (Å²) in [5.74, 6) is 1.90. The van der Waals surface area contributed by atoms with Crippen LogP contribution in [0.15, 0.2) is 84.9 Å². The highest BCUT2D eigenvalue weighted by Crippen LogP contribution is 2.19. The molecule has 31 heavy (non-hydrogen) atoms. The lowest BCUT2D eigenvalue weighted by molar-refractivity contribution is 0.0824. The molecule has 156 valence electrons. The minimum Gasteiger partial charge on any atom is -0.497 e. The third-order valence-electron chi connectivity index (χ3n) is 4.59. The summed E-state index contributed by atoms with van der Waals surface area (Å²) in [5, 5.41) is 7.63. The highest BCUT2D eigenvalue weighted by Gasteiger charge is 2.18. The molecule has 0 fully saturated rings. The van der Waals surface area contributed by atoms with Crippen molar-refractivity contribution < 1.29 is 14.3 Å². The molecule has 1 N–H and O–H groups in total. The van der Waals surface area contributed by atoms with Crippen LogP contribution in [0.1, 0.15) is 10.4 Å². The second-order valence-corrected chi connectivity index (χ2v) is 6.73. The van der Waals surface area contributed by atoms with E-state index in [1.54, 1.807) is 19.2 Å². The summed E-state index contributed by atoms with van der Waals surface area (Å²) in [7, 11) is 1.63. The molecule has 0 aliphatic carbocycles. The Morgan fingerprint density at radius 3 is 2.26 bits per heavy atom. The third kappa shape index (κ3) is 5.08. The average Bonchev–Trinajstić information content (AvgIpc) is 3.27. The van der Waals surface area contributed by atoms with E-state index in [4.69, 9.17) is 9.47 Å². The number of nitrogens with zero attached hydrogens (tertiary/aromatic N) is 3. The van der Waals surface area contributed by atoms with Gasteiger partial charge in [-0.2, -0.15) is 9.67 Å². The monoisotopic (exact) mass is 414 g/mol. The highest BCUT2D eigenvalue weighted by atomic mass is 16.5. The van der Waals surface area contributed by atoms with Crippen LogP contribution < -0.4 is 14.8 Å². The van der Waals surface area contributed by atoms with Crippen LogP contribution in [0, 0.1) is 0 Å². The van der Waals surface area contributed by atoms with Crippen LogP contribution in [0.3, 0.4) is 0 Å². The van der Waals surface area contributed by atoms with Crippen molar-refractivity contribution in [2.45, 2.75) is 6.54 Å². The molecule has 4 rings (SSSR count). The molecule has 0 spiro atoms. The zero-order valence-corrected chi connectivity index (χ0v) is 17.1. The molecule has 7 nitrogen and oxygen atoms in total. The molecular weight excluding hydrogens is 392 g/mol. The van der Waals surface area contributed by atoms with E-state index in [0.29, 0.717) is 24.1 Å². The largest absolute Gasteiger partial charge is 0.497 e. The first-order chi connectivity index (χ1) is 15.2. The number of benzene rings is 3. The Kier molecular flexibility index (Phi) is 6.23. The van der Waals surface area contributed by atoms with Crippen molar-refractivity contribution in [2.24, 2.45) is 0 Å². The number of aromatic nitrogens is 3. The number of carbonyl (C=O) groups excluding carboxylic acids is 1. The van der Waals surface area contributed by atoms with E-state index in [9.17, 15) is 4.79 Å². The van der Waals surface area contributed by atoms with Gasteiger partial charge >= 0.3 is 0 Å². The minimum absolute atomic E-state index is 0.154.